The predicted octanol–water partition coefficient (Wildman–Crippen LogP) is 1.04. The van der Waals surface area contributed by atoms with Gasteiger partial charge in [0.15, 0.2) is 0 Å². The number of nitrogens with zero attached hydrogens (tertiary/aromatic N) is 2. The van der Waals surface area contributed by atoms with E-state index in [1.54, 1.807) is 12.1 Å². The SMILES string of the molecule is CCN(CCN1C(=O)C=CC1=O)c1ccc2c(CO)cc(=O)oc2c1. The van der Waals surface area contributed by atoms with Crippen LogP contribution >= 0.6 is 0 Å². The van der Waals surface area contributed by atoms with Crippen molar-refractivity contribution in [1.29, 1.82) is 0 Å². The van der Waals surface area contributed by atoms with E-state index >= 15 is 0 Å². The highest BCUT2D eigenvalue weighted by Crippen LogP contribution is 2.24. The molecule has 2 aromatic rings. The first kappa shape index (κ1) is 16.9. The lowest BCUT2D eigenvalue weighted by Gasteiger charge is -2.25. The van der Waals surface area contributed by atoms with Gasteiger partial charge in [-0.2, -0.15) is 0 Å². The van der Waals surface area contributed by atoms with Gasteiger partial charge in [0.25, 0.3) is 11.8 Å². The highest BCUT2D eigenvalue weighted by Gasteiger charge is 2.23. The van der Waals surface area contributed by atoms with Crippen molar-refractivity contribution in [1.82, 2.24) is 4.90 Å². The third-order valence-electron chi connectivity index (χ3n) is 4.23. The van der Waals surface area contributed by atoms with Crippen molar-refractivity contribution in [3.63, 3.8) is 0 Å². The summed E-state index contributed by atoms with van der Waals surface area (Å²) < 4.78 is 5.23. The van der Waals surface area contributed by atoms with Gasteiger partial charge in [0.1, 0.15) is 5.58 Å². The van der Waals surface area contributed by atoms with Gasteiger partial charge in [-0.25, -0.2) is 4.79 Å². The quantitative estimate of drug-likeness (QED) is 0.623. The van der Waals surface area contributed by atoms with Gasteiger partial charge in [-0.05, 0) is 24.6 Å². The molecule has 0 unspecified atom stereocenters. The second-order valence-corrected chi connectivity index (χ2v) is 5.67. The zero-order valence-electron chi connectivity index (χ0n) is 13.8. The van der Waals surface area contributed by atoms with Crippen LogP contribution in [0.15, 0.2) is 45.6 Å². The Bertz CT molecular complexity index is 897. The van der Waals surface area contributed by atoms with Crippen LogP contribution in [0.4, 0.5) is 5.69 Å². The number of likely N-dealkylation sites (N-methyl/N-ethyl adjacent to an activating group) is 1. The Kier molecular flexibility index (Phi) is 4.67. The number of imide groups is 1. The van der Waals surface area contributed by atoms with Gasteiger partial charge in [-0.15, -0.1) is 0 Å². The predicted molar refractivity (Wildman–Crippen MR) is 92.2 cm³/mol. The largest absolute Gasteiger partial charge is 0.423 e. The standard InChI is InChI=1S/C18H18N2O5/c1-2-19(7-8-20-16(22)5-6-17(20)23)13-3-4-14-12(11-21)9-18(24)25-15(14)10-13/h3-6,9-10,21H,2,7-8,11H2,1H3. The second-order valence-electron chi connectivity index (χ2n) is 5.67. The molecule has 2 amide bonds. The van der Waals surface area contributed by atoms with E-state index < -0.39 is 5.63 Å². The normalized spacial score (nSPS) is 13.9. The molecule has 7 heteroatoms. The molecule has 25 heavy (non-hydrogen) atoms. The minimum Gasteiger partial charge on any atom is -0.423 e. The van der Waals surface area contributed by atoms with E-state index in [0.29, 0.717) is 29.6 Å². The molecular weight excluding hydrogens is 324 g/mol. The minimum atomic E-state index is -0.518. The van der Waals surface area contributed by atoms with Crippen LogP contribution < -0.4 is 10.5 Å². The van der Waals surface area contributed by atoms with Gasteiger partial charge >= 0.3 is 5.63 Å². The molecule has 1 aromatic heterocycles. The summed E-state index contributed by atoms with van der Waals surface area (Å²) in [7, 11) is 0. The molecule has 7 nitrogen and oxygen atoms in total. The maximum absolute atomic E-state index is 11.6. The Morgan fingerprint density at radius 1 is 1.12 bits per heavy atom. The minimum absolute atomic E-state index is 0.245. The van der Waals surface area contributed by atoms with Crippen molar-refractivity contribution in [2.45, 2.75) is 13.5 Å². The summed E-state index contributed by atoms with van der Waals surface area (Å²) in [6.45, 7) is 3.10. The summed E-state index contributed by atoms with van der Waals surface area (Å²) in [6.07, 6.45) is 2.53. The molecule has 130 valence electrons. The molecule has 3 rings (SSSR count). The molecule has 1 aromatic carbocycles. The van der Waals surface area contributed by atoms with Crippen LogP contribution in [0.1, 0.15) is 12.5 Å². The number of hydrogen-bond donors (Lipinski definition) is 1. The third kappa shape index (κ3) is 3.32. The summed E-state index contributed by atoms with van der Waals surface area (Å²) in [4.78, 5) is 38.0. The lowest BCUT2D eigenvalue weighted by atomic mass is 10.1. The summed E-state index contributed by atoms with van der Waals surface area (Å²) in [5.41, 5.74) is 1.19. The van der Waals surface area contributed by atoms with Crippen molar-refractivity contribution < 1.29 is 19.1 Å². The highest BCUT2D eigenvalue weighted by molar-refractivity contribution is 6.12. The number of carbonyl (C=O) groups is 2. The number of aliphatic hydroxyl groups is 1. The van der Waals surface area contributed by atoms with Crippen LogP contribution in [0.25, 0.3) is 11.0 Å². The fourth-order valence-electron chi connectivity index (χ4n) is 2.89. The lowest BCUT2D eigenvalue weighted by Crippen LogP contribution is -2.38. The van der Waals surface area contributed by atoms with E-state index in [1.165, 1.54) is 23.1 Å². The zero-order valence-corrected chi connectivity index (χ0v) is 13.8. The Balaban J connectivity index is 1.84. The topological polar surface area (TPSA) is 91.1 Å². The fraction of sp³-hybridized carbons (Fsp3) is 0.278. The molecule has 1 aliphatic heterocycles. The molecule has 0 radical (unpaired) electrons. The third-order valence-corrected chi connectivity index (χ3v) is 4.23. The van der Waals surface area contributed by atoms with Gasteiger partial charge in [0.2, 0.25) is 0 Å². The van der Waals surface area contributed by atoms with Crippen molar-refractivity contribution in [2.75, 3.05) is 24.5 Å². The number of anilines is 1. The van der Waals surface area contributed by atoms with Crippen LogP contribution in [0, 0.1) is 0 Å². The maximum atomic E-state index is 11.6. The summed E-state index contributed by atoms with van der Waals surface area (Å²) in [5, 5.41) is 10.1. The van der Waals surface area contributed by atoms with E-state index in [0.717, 1.165) is 5.69 Å². The van der Waals surface area contributed by atoms with Crippen LogP contribution in [0.5, 0.6) is 0 Å². The van der Waals surface area contributed by atoms with Crippen molar-refractivity contribution in [3.05, 3.63) is 52.4 Å². The monoisotopic (exact) mass is 342 g/mol. The van der Waals surface area contributed by atoms with E-state index in [-0.39, 0.29) is 25.0 Å². The molecule has 0 fully saturated rings. The summed E-state index contributed by atoms with van der Waals surface area (Å²) >= 11 is 0. The van der Waals surface area contributed by atoms with E-state index in [4.69, 9.17) is 4.42 Å². The van der Waals surface area contributed by atoms with Gasteiger partial charge in [0.05, 0.1) is 6.61 Å². The molecule has 1 N–H and O–H groups in total. The maximum Gasteiger partial charge on any atom is 0.336 e. The molecule has 0 saturated carbocycles. The molecule has 0 atom stereocenters. The molecule has 2 heterocycles. The number of carbonyl (C=O) groups excluding carboxylic acids is 2. The summed E-state index contributed by atoms with van der Waals surface area (Å²) in [6, 6.07) is 6.65. The van der Waals surface area contributed by atoms with Crippen molar-refractivity contribution in [2.24, 2.45) is 0 Å². The van der Waals surface area contributed by atoms with Gasteiger partial charge in [0, 0.05) is 55.0 Å². The van der Waals surface area contributed by atoms with Crippen LogP contribution in [-0.2, 0) is 16.2 Å². The molecule has 0 spiro atoms. The molecule has 0 aliphatic carbocycles. The van der Waals surface area contributed by atoms with Crippen LogP contribution in [0.3, 0.4) is 0 Å². The van der Waals surface area contributed by atoms with Gasteiger partial charge in [-0.1, -0.05) is 0 Å². The van der Waals surface area contributed by atoms with E-state index in [2.05, 4.69) is 0 Å². The molecule has 1 aliphatic rings. The summed E-state index contributed by atoms with van der Waals surface area (Å²) in [5.74, 6) is -0.615. The Labute approximate surface area is 143 Å². The molecular formula is C18H18N2O5. The van der Waals surface area contributed by atoms with Gasteiger partial charge in [-0.3, -0.25) is 14.5 Å². The highest BCUT2D eigenvalue weighted by atomic mass is 16.4. The Morgan fingerprint density at radius 3 is 2.48 bits per heavy atom. The lowest BCUT2D eigenvalue weighted by molar-refractivity contribution is -0.136. The fourth-order valence-corrected chi connectivity index (χ4v) is 2.89. The molecule has 0 saturated heterocycles. The Hall–Kier alpha value is -2.93. The van der Waals surface area contributed by atoms with Crippen LogP contribution in [0.2, 0.25) is 0 Å². The zero-order chi connectivity index (χ0) is 18.0. The van der Waals surface area contributed by atoms with Crippen molar-refractivity contribution in [3.8, 4) is 0 Å². The van der Waals surface area contributed by atoms with E-state index in [9.17, 15) is 19.5 Å². The van der Waals surface area contributed by atoms with Gasteiger partial charge < -0.3 is 14.4 Å². The number of amides is 2. The average molecular weight is 342 g/mol. The number of benzene rings is 1. The first-order chi connectivity index (χ1) is 12.0. The molecule has 0 bridgehead atoms. The first-order valence-corrected chi connectivity index (χ1v) is 7.99. The van der Waals surface area contributed by atoms with Crippen LogP contribution in [-0.4, -0.2) is 41.5 Å². The number of rotatable bonds is 6. The first-order valence-electron chi connectivity index (χ1n) is 7.99. The van der Waals surface area contributed by atoms with E-state index in [1.807, 2.05) is 17.9 Å². The second kappa shape index (κ2) is 6.90. The average Bonchev–Trinajstić information content (AvgIpc) is 2.92. The number of aliphatic hydroxyl groups excluding tert-OH is 1. The Morgan fingerprint density at radius 2 is 1.84 bits per heavy atom. The smallest absolute Gasteiger partial charge is 0.336 e. The van der Waals surface area contributed by atoms with Crippen molar-refractivity contribution >= 4 is 28.5 Å². The number of fused-ring (bicyclic) bond motifs is 1. The number of hydrogen-bond acceptors (Lipinski definition) is 6.